The van der Waals surface area contributed by atoms with Gasteiger partial charge in [0.25, 0.3) is 5.88 Å². The quantitative estimate of drug-likeness (QED) is 0.850. The van der Waals surface area contributed by atoms with Crippen LogP contribution in [0.1, 0.15) is 25.7 Å². The van der Waals surface area contributed by atoms with Crippen LogP contribution in [0.25, 0.3) is 0 Å². The molecule has 1 aromatic rings. The van der Waals surface area contributed by atoms with E-state index in [1.165, 1.54) is 0 Å². The van der Waals surface area contributed by atoms with Crippen molar-refractivity contribution >= 4 is 23.2 Å². The number of rotatable bonds is 3. The maximum atomic E-state index is 5.83. The van der Waals surface area contributed by atoms with Crippen molar-refractivity contribution in [1.82, 2.24) is 15.2 Å². The van der Waals surface area contributed by atoms with E-state index in [0.717, 1.165) is 25.7 Å². The van der Waals surface area contributed by atoms with Crippen LogP contribution >= 0.6 is 23.2 Å². The number of halogens is 2. The summed E-state index contributed by atoms with van der Waals surface area (Å²) in [6.45, 7) is 0. The van der Waals surface area contributed by atoms with E-state index >= 15 is 0 Å². The lowest BCUT2D eigenvalue weighted by Crippen LogP contribution is -2.29. The molecule has 2 unspecified atom stereocenters. The van der Waals surface area contributed by atoms with Crippen molar-refractivity contribution in [2.24, 2.45) is 0 Å². The minimum Gasteiger partial charge on any atom is -0.472 e. The Balaban J connectivity index is 2.02. The predicted molar refractivity (Wildman–Crippen MR) is 63.5 cm³/mol. The molecule has 1 aromatic heterocycles. The molecule has 2 atom stereocenters. The van der Waals surface area contributed by atoms with Gasteiger partial charge in [-0.25, -0.2) is 0 Å². The lowest BCUT2D eigenvalue weighted by molar-refractivity contribution is 0.0193. The van der Waals surface area contributed by atoms with Gasteiger partial charge in [0, 0.05) is 13.5 Å². The Morgan fingerprint density at radius 1 is 1.18 bits per heavy atom. The molecular formula is C10H13Cl2N3O2. The van der Waals surface area contributed by atoms with Gasteiger partial charge in [0.2, 0.25) is 10.4 Å². The maximum Gasteiger partial charge on any atom is 0.257 e. The van der Waals surface area contributed by atoms with Crippen LogP contribution in [0.2, 0.25) is 10.4 Å². The second-order valence-corrected chi connectivity index (χ2v) is 4.64. The topological polar surface area (TPSA) is 57.1 Å². The van der Waals surface area contributed by atoms with Crippen LogP contribution < -0.4 is 4.74 Å². The van der Waals surface area contributed by atoms with Crippen LogP contribution in [0.4, 0.5) is 0 Å². The molecule has 17 heavy (non-hydrogen) atoms. The van der Waals surface area contributed by atoms with Gasteiger partial charge in [0.1, 0.15) is 6.10 Å². The third kappa shape index (κ3) is 3.40. The standard InChI is InChI=1S/C10H13Cl2N3O2/c1-16-6-3-2-4-7(5-6)17-9-8(11)14-15-10(12)13-9/h6-7H,2-5H2,1H3. The van der Waals surface area contributed by atoms with Gasteiger partial charge < -0.3 is 9.47 Å². The monoisotopic (exact) mass is 277 g/mol. The highest BCUT2D eigenvalue weighted by molar-refractivity contribution is 6.31. The number of aromatic nitrogens is 3. The first kappa shape index (κ1) is 12.8. The normalized spacial score (nSPS) is 24.6. The Morgan fingerprint density at radius 3 is 2.71 bits per heavy atom. The minimum absolute atomic E-state index is 0.0310. The van der Waals surface area contributed by atoms with E-state index in [1.807, 2.05) is 0 Å². The molecule has 2 rings (SSSR count). The fourth-order valence-corrected chi connectivity index (χ4v) is 2.18. The molecule has 0 N–H and O–H groups in total. The van der Waals surface area contributed by atoms with Crippen LogP contribution in [-0.4, -0.2) is 34.5 Å². The highest BCUT2D eigenvalue weighted by atomic mass is 35.5. The molecule has 0 aliphatic heterocycles. The lowest BCUT2D eigenvalue weighted by atomic mass is 9.95. The van der Waals surface area contributed by atoms with Crippen molar-refractivity contribution in [3.05, 3.63) is 10.4 Å². The average molecular weight is 278 g/mol. The van der Waals surface area contributed by atoms with Crippen molar-refractivity contribution in [2.75, 3.05) is 7.11 Å². The molecule has 1 heterocycles. The Labute approximate surface area is 109 Å². The summed E-state index contributed by atoms with van der Waals surface area (Å²) < 4.78 is 11.0. The molecule has 0 aromatic carbocycles. The average Bonchev–Trinajstić information content (AvgIpc) is 2.34. The summed E-state index contributed by atoms with van der Waals surface area (Å²) >= 11 is 11.5. The number of nitrogens with zero attached hydrogens (tertiary/aromatic N) is 3. The fourth-order valence-electron chi connectivity index (χ4n) is 1.94. The zero-order valence-corrected chi connectivity index (χ0v) is 10.9. The van der Waals surface area contributed by atoms with Crippen LogP contribution in [0.3, 0.4) is 0 Å². The number of methoxy groups -OCH3 is 1. The lowest BCUT2D eigenvalue weighted by Gasteiger charge is -2.28. The zero-order valence-electron chi connectivity index (χ0n) is 9.40. The molecule has 0 spiro atoms. The van der Waals surface area contributed by atoms with Gasteiger partial charge in [0.15, 0.2) is 0 Å². The molecule has 0 saturated heterocycles. The van der Waals surface area contributed by atoms with E-state index in [-0.39, 0.29) is 28.5 Å². The molecule has 5 nitrogen and oxygen atoms in total. The van der Waals surface area contributed by atoms with E-state index in [4.69, 9.17) is 32.7 Å². The molecule has 1 aliphatic carbocycles. The van der Waals surface area contributed by atoms with Gasteiger partial charge in [-0.05, 0) is 30.9 Å². The van der Waals surface area contributed by atoms with Crippen LogP contribution in [0.5, 0.6) is 5.88 Å². The van der Waals surface area contributed by atoms with Gasteiger partial charge in [-0.1, -0.05) is 11.6 Å². The van der Waals surface area contributed by atoms with Gasteiger partial charge in [-0.15, -0.1) is 10.2 Å². The molecular weight excluding hydrogens is 265 g/mol. The first-order chi connectivity index (χ1) is 8.19. The third-order valence-corrected chi connectivity index (χ3v) is 3.18. The summed E-state index contributed by atoms with van der Waals surface area (Å²) in [5.74, 6) is 0.244. The molecule has 0 bridgehead atoms. The van der Waals surface area contributed by atoms with Gasteiger partial charge >= 0.3 is 0 Å². The van der Waals surface area contributed by atoms with E-state index in [0.29, 0.717) is 0 Å². The molecule has 1 aliphatic rings. The van der Waals surface area contributed by atoms with E-state index in [2.05, 4.69) is 15.2 Å². The molecule has 1 saturated carbocycles. The van der Waals surface area contributed by atoms with Crippen molar-refractivity contribution in [1.29, 1.82) is 0 Å². The number of ether oxygens (including phenoxy) is 2. The van der Waals surface area contributed by atoms with Gasteiger partial charge in [-0.2, -0.15) is 4.98 Å². The van der Waals surface area contributed by atoms with Gasteiger partial charge in [0.05, 0.1) is 6.10 Å². The SMILES string of the molecule is COC1CCCC(Oc2nc(Cl)nnc2Cl)C1. The molecule has 1 fully saturated rings. The highest BCUT2D eigenvalue weighted by Gasteiger charge is 2.24. The minimum atomic E-state index is 0.0310. The maximum absolute atomic E-state index is 5.83. The Kier molecular flexibility index (Phi) is 4.36. The Morgan fingerprint density at radius 2 is 1.94 bits per heavy atom. The number of hydrogen-bond acceptors (Lipinski definition) is 5. The summed E-state index contributed by atoms with van der Waals surface area (Å²) in [6.07, 6.45) is 4.18. The molecule has 7 heteroatoms. The molecule has 0 radical (unpaired) electrons. The van der Waals surface area contributed by atoms with Crippen LogP contribution in [0.15, 0.2) is 0 Å². The smallest absolute Gasteiger partial charge is 0.257 e. The van der Waals surface area contributed by atoms with Crippen molar-refractivity contribution in [3.8, 4) is 5.88 Å². The summed E-state index contributed by atoms with van der Waals surface area (Å²) in [5, 5.41) is 7.34. The van der Waals surface area contributed by atoms with E-state index in [9.17, 15) is 0 Å². The van der Waals surface area contributed by atoms with Crippen molar-refractivity contribution in [3.63, 3.8) is 0 Å². The largest absolute Gasteiger partial charge is 0.472 e. The van der Waals surface area contributed by atoms with Crippen LogP contribution in [-0.2, 0) is 4.74 Å². The highest BCUT2D eigenvalue weighted by Crippen LogP contribution is 2.27. The Bertz CT molecular complexity index is 392. The first-order valence-corrected chi connectivity index (χ1v) is 6.20. The van der Waals surface area contributed by atoms with Crippen LogP contribution in [0, 0.1) is 0 Å². The van der Waals surface area contributed by atoms with E-state index in [1.54, 1.807) is 7.11 Å². The summed E-state index contributed by atoms with van der Waals surface area (Å²) in [6, 6.07) is 0. The number of hydrogen-bond donors (Lipinski definition) is 0. The fraction of sp³-hybridized carbons (Fsp3) is 0.700. The second kappa shape index (κ2) is 5.80. The van der Waals surface area contributed by atoms with Crippen molar-refractivity contribution in [2.45, 2.75) is 37.9 Å². The first-order valence-electron chi connectivity index (χ1n) is 5.44. The van der Waals surface area contributed by atoms with Crippen molar-refractivity contribution < 1.29 is 9.47 Å². The molecule has 0 amide bonds. The third-order valence-electron chi connectivity index (χ3n) is 2.78. The summed E-state index contributed by atoms with van der Waals surface area (Å²) in [7, 11) is 1.71. The Hall–Kier alpha value is -0.650. The summed E-state index contributed by atoms with van der Waals surface area (Å²) in [4.78, 5) is 3.91. The van der Waals surface area contributed by atoms with E-state index < -0.39 is 0 Å². The summed E-state index contributed by atoms with van der Waals surface area (Å²) in [5.41, 5.74) is 0. The zero-order chi connectivity index (χ0) is 12.3. The predicted octanol–water partition coefficient (Wildman–Crippen LogP) is 2.51. The second-order valence-electron chi connectivity index (χ2n) is 3.94. The van der Waals surface area contributed by atoms with Gasteiger partial charge in [-0.3, -0.25) is 0 Å². The molecule has 94 valence electrons.